The van der Waals surface area contributed by atoms with Gasteiger partial charge in [-0.2, -0.15) is 0 Å². The Kier molecular flexibility index (Phi) is 5.37. The lowest BCUT2D eigenvalue weighted by Crippen LogP contribution is -2.07. The highest BCUT2D eigenvalue weighted by atomic mass is 79.9. The molecule has 2 aromatic rings. The van der Waals surface area contributed by atoms with E-state index in [4.69, 9.17) is 0 Å². The highest BCUT2D eigenvalue weighted by molar-refractivity contribution is 9.10. The summed E-state index contributed by atoms with van der Waals surface area (Å²) in [6, 6.07) is 8.41. The van der Waals surface area contributed by atoms with Crippen molar-refractivity contribution in [2.75, 3.05) is 0 Å². The summed E-state index contributed by atoms with van der Waals surface area (Å²) in [6.45, 7) is 4.67. The van der Waals surface area contributed by atoms with Gasteiger partial charge in [0.25, 0.3) is 0 Å². The molecule has 3 nitrogen and oxygen atoms in total. The van der Waals surface area contributed by atoms with Crippen LogP contribution in [0.2, 0.25) is 0 Å². The average molecular weight is 378 g/mol. The minimum Gasteiger partial charge on any atom is -0.302 e. The maximum Gasteiger partial charge on any atom is 0.191 e. The highest BCUT2D eigenvalue weighted by Gasteiger charge is 2.24. The Morgan fingerprint density at radius 2 is 2.14 bits per heavy atom. The topological polar surface area (TPSA) is 30.7 Å². The van der Waals surface area contributed by atoms with Crippen LogP contribution < -0.4 is 0 Å². The minimum atomic E-state index is 0.577. The Balaban J connectivity index is 1.76. The Hall–Kier alpha value is -1.07. The van der Waals surface area contributed by atoms with Crippen LogP contribution in [-0.2, 0) is 12.3 Å². The van der Waals surface area contributed by atoms with E-state index in [2.05, 4.69) is 55.5 Å². The molecule has 22 heavy (non-hydrogen) atoms. The fourth-order valence-corrected chi connectivity index (χ4v) is 4.31. The van der Waals surface area contributed by atoms with Gasteiger partial charge < -0.3 is 4.57 Å². The molecule has 0 amide bonds. The van der Waals surface area contributed by atoms with Crippen molar-refractivity contribution in [3.05, 3.63) is 52.8 Å². The van der Waals surface area contributed by atoms with Crippen LogP contribution >= 0.6 is 27.7 Å². The van der Waals surface area contributed by atoms with Crippen LogP contribution in [0.5, 0.6) is 0 Å². The van der Waals surface area contributed by atoms with Crippen molar-refractivity contribution >= 4 is 27.7 Å². The van der Waals surface area contributed by atoms with Gasteiger partial charge in [0, 0.05) is 22.7 Å². The number of benzene rings is 1. The fraction of sp³-hybridized carbons (Fsp3) is 0.412. The van der Waals surface area contributed by atoms with Gasteiger partial charge in [-0.25, -0.2) is 0 Å². The van der Waals surface area contributed by atoms with Crippen molar-refractivity contribution in [1.82, 2.24) is 14.8 Å². The smallest absolute Gasteiger partial charge is 0.191 e. The molecule has 3 rings (SSSR count). The first-order valence-corrected chi connectivity index (χ1v) is 9.47. The number of halogens is 1. The summed E-state index contributed by atoms with van der Waals surface area (Å²) in [5, 5.41) is 9.92. The van der Waals surface area contributed by atoms with E-state index in [-0.39, 0.29) is 0 Å². The molecule has 5 heteroatoms. The van der Waals surface area contributed by atoms with E-state index in [0.717, 1.165) is 27.8 Å². The number of allylic oxidation sites excluding steroid dienone is 1. The monoisotopic (exact) mass is 377 g/mol. The van der Waals surface area contributed by atoms with Crippen LogP contribution in [0.25, 0.3) is 0 Å². The van der Waals surface area contributed by atoms with Crippen molar-refractivity contribution in [3.8, 4) is 0 Å². The summed E-state index contributed by atoms with van der Waals surface area (Å²) in [4.78, 5) is 0. The van der Waals surface area contributed by atoms with Gasteiger partial charge in [0.1, 0.15) is 5.82 Å². The number of nitrogens with zero attached hydrogens (tertiary/aromatic N) is 3. The molecule has 0 radical (unpaired) electrons. The lowest BCUT2D eigenvalue weighted by Gasteiger charge is -2.12. The number of hydrogen-bond acceptors (Lipinski definition) is 3. The molecule has 1 aliphatic carbocycles. The molecule has 0 atom stereocenters. The normalized spacial score (nSPS) is 15.3. The highest BCUT2D eigenvalue weighted by Crippen LogP contribution is 2.35. The Morgan fingerprint density at radius 1 is 1.32 bits per heavy atom. The molecule has 0 saturated heterocycles. The second kappa shape index (κ2) is 7.47. The van der Waals surface area contributed by atoms with Crippen molar-refractivity contribution in [2.24, 2.45) is 0 Å². The molecule has 1 heterocycles. The van der Waals surface area contributed by atoms with E-state index >= 15 is 0 Å². The molecule has 0 N–H and O–H groups in total. The Bertz CT molecular complexity index is 647. The lowest BCUT2D eigenvalue weighted by molar-refractivity contribution is 0.594. The summed E-state index contributed by atoms with van der Waals surface area (Å²) in [5.74, 6) is 2.63. The molecule has 1 saturated carbocycles. The Morgan fingerprint density at radius 3 is 2.86 bits per heavy atom. The summed E-state index contributed by atoms with van der Waals surface area (Å²) in [7, 11) is 0. The van der Waals surface area contributed by atoms with Gasteiger partial charge in [-0.1, -0.05) is 58.7 Å². The molecule has 0 unspecified atom stereocenters. The average Bonchev–Trinajstić information content (AvgIpc) is 3.15. The van der Waals surface area contributed by atoms with E-state index in [9.17, 15) is 0 Å². The number of rotatable bonds is 6. The summed E-state index contributed by atoms with van der Waals surface area (Å²) >= 11 is 5.27. The van der Waals surface area contributed by atoms with Crippen molar-refractivity contribution in [3.63, 3.8) is 0 Å². The van der Waals surface area contributed by atoms with E-state index in [1.165, 1.54) is 31.2 Å². The van der Waals surface area contributed by atoms with Crippen LogP contribution in [0.3, 0.4) is 0 Å². The first-order valence-electron chi connectivity index (χ1n) is 7.69. The molecule has 0 aliphatic heterocycles. The maximum absolute atomic E-state index is 4.48. The van der Waals surface area contributed by atoms with Gasteiger partial charge in [-0.05, 0) is 30.5 Å². The maximum atomic E-state index is 4.48. The zero-order valence-corrected chi connectivity index (χ0v) is 14.9. The second-order valence-electron chi connectivity index (χ2n) is 5.64. The van der Waals surface area contributed by atoms with Crippen LogP contribution in [0.1, 0.15) is 43.0 Å². The van der Waals surface area contributed by atoms with Gasteiger partial charge >= 0.3 is 0 Å². The third-order valence-electron chi connectivity index (χ3n) is 4.03. The van der Waals surface area contributed by atoms with Crippen LogP contribution in [0.15, 0.2) is 46.5 Å². The molecule has 1 aromatic carbocycles. The zero-order chi connectivity index (χ0) is 15.4. The SMILES string of the molecule is C=CCn1c(SCc2cccc(Br)c2)nnc1C1CCCC1. The van der Waals surface area contributed by atoms with Gasteiger partial charge in [0.15, 0.2) is 5.16 Å². The predicted molar refractivity (Wildman–Crippen MR) is 95.1 cm³/mol. The molecule has 0 bridgehead atoms. The first-order chi connectivity index (χ1) is 10.8. The Labute approximate surface area is 144 Å². The van der Waals surface area contributed by atoms with E-state index in [1.54, 1.807) is 11.8 Å². The van der Waals surface area contributed by atoms with Gasteiger partial charge in [0.2, 0.25) is 0 Å². The molecule has 1 aromatic heterocycles. The zero-order valence-electron chi connectivity index (χ0n) is 12.5. The second-order valence-corrected chi connectivity index (χ2v) is 7.50. The van der Waals surface area contributed by atoms with Crippen molar-refractivity contribution in [2.45, 2.75) is 49.1 Å². The molecule has 1 fully saturated rings. The summed E-state index contributed by atoms with van der Waals surface area (Å²) < 4.78 is 3.36. The van der Waals surface area contributed by atoms with Crippen molar-refractivity contribution < 1.29 is 0 Å². The van der Waals surface area contributed by atoms with E-state index in [1.807, 2.05) is 12.1 Å². The quantitative estimate of drug-likeness (QED) is 0.513. The molecule has 116 valence electrons. The predicted octanol–water partition coefficient (Wildman–Crippen LogP) is 5.18. The molecule has 0 spiro atoms. The third-order valence-corrected chi connectivity index (χ3v) is 5.57. The van der Waals surface area contributed by atoms with Crippen LogP contribution in [-0.4, -0.2) is 14.8 Å². The number of aromatic nitrogens is 3. The minimum absolute atomic E-state index is 0.577. The first kappa shape index (κ1) is 15.8. The van der Waals surface area contributed by atoms with Crippen molar-refractivity contribution in [1.29, 1.82) is 0 Å². The fourth-order valence-electron chi connectivity index (χ4n) is 2.97. The third kappa shape index (κ3) is 3.63. The molecular formula is C17H20BrN3S. The van der Waals surface area contributed by atoms with Crippen LogP contribution in [0.4, 0.5) is 0 Å². The van der Waals surface area contributed by atoms with Gasteiger partial charge in [-0.3, -0.25) is 0 Å². The summed E-state index contributed by atoms with van der Waals surface area (Å²) in [6.07, 6.45) is 7.04. The number of thioether (sulfide) groups is 1. The van der Waals surface area contributed by atoms with E-state index < -0.39 is 0 Å². The largest absolute Gasteiger partial charge is 0.302 e. The lowest BCUT2D eigenvalue weighted by atomic mass is 10.1. The molecule has 1 aliphatic rings. The van der Waals surface area contributed by atoms with Gasteiger partial charge in [-0.15, -0.1) is 16.8 Å². The summed E-state index contributed by atoms with van der Waals surface area (Å²) in [5.41, 5.74) is 1.29. The van der Waals surface area contributed by atoms with Gasteiger partial charge in [0.05, 0.1) is 0 Å². The van der Waals surface area contributed by atoms with E-state index in [0.29, 0.717) is 5.92 Å². The number of hydrogen-bond donors (Lipinski definition) is 0. The standard InChI is InChI=1S/C17H20BrN3S/c1-2-10-21-16(14-7-3-4-8-14)19-20-17(21)22-12-13-6-5-9-15(18)11-13/h2,5-6,9,11,14H,1,3-4,7-8,10,12H2. The molecular weight excluding hydrogens is 358 g/mol. The van der Waals surface area contributed by atoms with Crippen LogP contribution in [0, 0.1) is 0 Å².